The number of benzene rings is 3. The van der Waals surface area contributed by atoms with Crippen LogP contribution in [0.5, 0.6) is 0 Å². The second kappa shape index (κ2) is 8.46. The highest BCUT2D eigenvalue weighted by Gasteiger charge is 2.40. The van der Waals surface area contributed by atoms with Crippen molar-refractivity contribution in [1.82, 2.24) is 9.55 Å². The number of halogens is 1. The molecule has 0 aliphatic rings. The molecule has 0 unspecified atom stereocenters. The molecule has 0 amide bonds. The Morgan fingerprint density at radius 3 is 1.67 bits per heavy atom. The van der Waals surface area contributed by atoms with Gasteiger partial charge < -0.3 is 4.79 Å². The molecule has 0 fully saturated rings. The molecule has 3 nitrogen and oxygen atoms in total. The van der Waals surface area contributed by atoms with E-state index in [1.165, 1.54) is 6.92 Å². The fourth-order valence-electron chi connectivity index (χ4n) is 4.02. The minimum atomic E-state index is -0.935. The number of rotatable bonds is 7. The quantitative estimate of drug-likeness (QED) is 0.392. The lowest BCUT2D eigenvalue weighted by Gasteiger charge is -2.37. The number of aromatic nitrogens is 2. The number of hydrogen-bond acceptors (Lipinski definition) is 2. The molecule has 0 radical (unpaired) electrons. The second-order valence-corrected chi connectivity index (χ2v) is 7.38. The number of aryl methyl sites for hydroxylation is 1. The SMILES string of the molecule is CC(=O)CCc1cn(C(c2ccccc2)(c2ccccc2)c2ccccc2)c(F)n1. The lowest BCUT2D eigenvalue weighted by atomic mass is 9.76. The number of carbonyl (C=O) groups is 1. The molecule has 0 aliphatic carbocycles. The maximum atomic E-state index is 15.5. The Labute approximate surface area is 175 Å². The third kappa shape index (κ3) is 3.57. The van der Waals surface area contributed by atoms with Gasteiger partial charge in [-0.2, -0.15) is 4.39 Å². The lowest BCUT2D eigenvalue weighted by molar-refractivity contribution is -0.117. The van der Waals surface area contributed by atoms with Crippen LogP contribution in [0.3, 0.4) is 0 Å². The van der Waals surface area contributed by atoms with E-state index < -0.39 is 11.6 Å². The molecular formula is C26H23FN2O. The van der Waals surface area contributed by atoms with Crippen LogP contribution in [0.1, 0.15) is 35.7 Å². The maximum Gasteiger partial charge on any atom is 0.290 e. The first-order valence-electron chi connectivity index (χ1n) is 10.0. The van der Waals surface area contributed by atoms with Gasteiger partial charge in [-0.05, 0) is 30.0 Å². The van der Waals surface area contributed by atoms with Gasteiger partial charge in [0.1, 0.15) is 11.3 Å². The van der Waals surface area contributed by atoms with Crippen LogP contribution >= 0.6 is 0 Å². The molecule has 1 heterocycles. The highest BCUT2D eigenvalue weighted by molar-refractivity contribution is 5.75. The number of imidazole rings is 1. The highest BCUT2D eigenvalue weighted by Crippen LogP contribution is 2.41. The van der Waals surface area contributed by atoms with Crippen LogP contribution in [0.4, 0.5) is 4.39 Å². The van der Waals surface area contributed by atoms with Gasteiger partial charge in [0.05, 0.1) is 5.69 Å². The summed E-state index contributed by atoms with van der Waals surface area (Å²) in [7, 11) is 0. The molecule has 0 spiro atoms. The Hall–Kier alpha value is -3.53. The van der Waals surface area contributed by atoms with Gasteiger partial charge in [-0.3, -0.25) is 4.57 Å². The summed E-state index contributed by atoms with van der Waals surface area (Å²) >= 11 is 0. The average Bonchev–Trinajstić information content (AvgIpc) is 3.16. The Morgan fingerprint density at radius 1 is 0.833 bits per heavy atom. The topological polar surface area (TPSA) is 34.9 Å². The zero-order valence-electron chi connectivity index (χ0n) is 16.8. The van der Waals surface area contributed by atoms with E-state index in [4.69, 9.17) is 0 Å². The predicted octanol–water partition coefficient (Wildman–Crippen LogP) is 5.38. The minimum Gasteiger partial charge on any atom is -0.300 e. The van der Waals surface area contributed by atoms with Gasteiger partial charge in [0, 0.05) is 12.6 Å². The van der Waals surface area contributed by atoms with Crippen LogP contribution in [-0.2, 0) is 16.8 Å². The molecule has 4 rings (SSSR count). The molecule has 0 N–H and O–H groups in total. The summed E-state index contributed by atoms with van der Waals surface area (Å²) in [6, 6.07) is 29.7. The van der Waals surface area contributed by atoms with Gasteiger partial charge >= 0.3 is 0 Å². The van der Waals surface area contributed by atoms with Gasteiger partial charge in [-0.15, -0.1) is 0 Å². The van der Waals surface area contributed by atoms with Crippen LogP contribution < -0.4 is 0 Å². The Morgan fingerprint density at radius 2 is 1.27 bits per heavy atom. The van der Waals surface area contributed by atoms with Gasteiger partial charge in [0.2, 0.25) is 0 Å². The zero-order chi connectivity index (χ0) is 21.0. The Balaban J connectivity index is 2.03. The molecule has 4 heteroatoms. The normalized spacial score (nSPS) is 11.4. The summed E-state index contributed by atoms with van der Waals surface area (Å²) in [6.45, 7) is 1.54. The fourth-order valence-corrected chi connectivity index (χ4v) is 4.02. The van der Waals surface area contributed by atoms with E-state index in [1.54, 1.807) is 10.8 Å². The first kappa shape index (κ1) is 19.8. The number of nitrogens with zero attached hydrogens (tertiary/aromatic N) is 2. The maximum absolute atomic E-state index is 15.5. The van der Waals surface area contributed by atoms with Crippen molar-refractivity contribution in [3.05, 3.63) is 126 Å². The molecule has 0 aliphatic heterocycles. The number of hydrogen-bond donors (Lipinski definition) is 0. The van der Waals surface area contributed by atoms with E-state index in [9.17, 15) is 4.79 Å². The van der Waals surface area contributed by atoms with Crippen molar-refractivity contribution in [2.75, 3.05) is 0 Å². The summed E-state index contributed by atoms with van der Waals surface area (Å²) in [5.41, 5.74) is 2.41. The largest absolute Gasteiger partial charge is 0.300 e. The van der Waals surface area contributed by atoms with Crippen molar-refractivity contribution in [2.24, 2.45) is 0 Å². The average molecular weight is 398 g/mol. The third-order valence-electron chi connectivity index (χ3n) is 5.38. The second-order valence-electron chi connectivity index (χ2n) is 7.38. The molecular weight excluding hydrogens is 375 g/mol. The van der Waals surface area contributed by atoms with E-state index in [0.29, 0.717) is 18.5 Å². The van der Waals surface area contributed by atoms with E-state index in [-0.39, 0.29) is 5.78 Å². The molecule has 0 saturated heterocycles. The molecule has 1 aromatic heterocycles. The molecule has 0 bridgehead atoms. The molecule has 3 aromatic carbocycles. The first-order chi connectivity index (χ1) is 14.6. The van der Waals surface area contributed by atoms with E-state index in [0.717, 1.165) is 16.7 Å². The smallest absolute Gasteiger partial charge is 0.290 e. The summed E-state index contributed by atoms with van der Waals surface area (Å²) in [5, 5.41) is 0. The molecule has 30 heavy (non-hydrogen) atoms. The Kier molecular flexibility index (Phi) is 5.57. The van der Waals surface area contributed by atoms with Crippen molar-refractivity contribution >= 4 is 5.78 Å². The summed E-state index contributed by atoms with van der Waals surface area (Å²) in [6.07, 6.45) is 1.91. The van der Waals surface area contributed by atoms with Crippen molar-refractivity contribution < 1.29 is 9.18 Å². The lowest BCUT2D eigenvalue weighted by Crippen LogP contribution is -2.38. The van der Waals surface area contributed by atoms with Gasteiger partial charge in [0.15, 0.2) is 0 Å². The van der Waals surface area contributed by atoms with Gasteiger partial charge in [-0.1, -0.05) is 91.0 Å². The number of Topliss-reactive ketones (excluding diaryl/α,β-unsaturated/α-hetero) is 1. The van der Waals surface area contributed by atoms with E-state index in [2.05, 4.69) is 4.98 Å². The van der Waals surface area contributed by atoms with Crippen molar-refractivity contribution in [3.63, 3.8) is 0 Å². The monoisotopic (exact) mass is 398 g/mol. The van der Waals surface area contributed by atoms with Crippen LogP contribution in [0.2, 0.25) is 0 Å². The Bertz CT molecular complexity index is 1030. The zero-order valence-corrected chi connectivity index (χ0v) is 16.8. The minimum absolute atomic E-state index is 0.0606. The van der Waals surface area contributed by atoms with E-state index in [1.807, 2.05) is 91.0 Å². The molecule has 0 saturated carbocycles. The summed E-state index contributed by atoms with van der Waals surface area (Å²) in [5.74, 6) is 0.0606. The van der Waals surface area contributed by atoms with Crippen molar-refractivity contribution in [1.29, 1.82) is 0 Å². The van der Waals surface area contributed by atoms with E-state index >= 15 is 4.39 Å². The van der Waals surface area contributed by atoms with Crippen molar-refractivity contribution in [3.8, 4) is 0 Å². The number of ketones is 1. The fraction of sp³-hybridized carbons (Fsp3) is 0.154. The first-order valence-corrected chi connectivity index (χ1v) is 10.0. The van der Waals surface area contributed by atoms with Gasteiger partial charge in [-0.25, -0.2) is 4.98 Å². The molecule has 0 atom stereocenters. The third-order valence-corrected chi connectivity index (χ3v) is 5.38. The van der Waals surface area contributed by atoms with Gasteiger partial charge in [0.25, 0.3) is 6.08 Å². The van der Waals surface area contributed by atoms with Crippen LogP contribution in [0, 0.1) is 6.08 Å². The molecule has 4 aromatic rings. The van der Waals surface area contributed by atoms with Crippen molar-refractivity contribution in [2.45, 2.75) is 25.3 Å². The summed E-state index contributed by atoms with van der Waals surface area (Å²) < 4.78 is 17.1. The number of carbonyl (C=O) groups excluding carboxylic acids is 1. The molecule has 150 valence electrons. The van der Waals surface area contributed by atoms with Crippen LogP contribution in [0.25, 0.3) is 0 Å². The predicted molar refractivity (Wildman–Crippen MR) is 116 cm³/mol. The van der Waals surface area contributed by atoms with Crippen LogP contribution in [-0.4, -0.2) is 15.3 Å². The summed E-state index contributed by atoms with van der Waals surface area (Å²) in [4.78, 5) is 15.6. The standard InChI is InChI=1S/C26H23FN2O/c1-20(30)17-18-24-19-29(25(27)28-24)26(21-11-5-2-6-12-21,22-13-7-3-8-14-22)23-15-9-4-10-16-23/h2-16,19H,17-18H2,1H3. The van der Waals surface area contributed by atoms with Crippen LogP contribution in [0.15, 0.2) is 97.2 Å². The highest BCUT2D eigenvalue weighted by atomic mass is 19.1.